The van der Waals surface area contributed by atoms with E-state index in [9.17, 15) is 4.79 Å². The van der Waals surface area contributed by atoms with E-state index < -0.39 is 0 Å². The van der Waals surface area contributed by atoms with E-state index in [2.05, 4.69) is 15.9 Å². The molecule has 2 rings (SSSR count). The fourth-order valence-corrected chi connectivity index (χ4v) is 1.78. The Morgan fingerprint density at radius 3 is 3.00 bits per heavy atom. The van der Waals surface area contributed by atoms with Gasteiger partial charge in [0.2, 0.25) is 0 Å². The summed E-state index contributed by atoms with van der Waals surface area (Å²) in [6.45, 7) is 0. The normalized spacial score (nSPS) is 20.7. The minimum absolute atomic E-state index is 0.0117. The van der Waals surface area contributed by atoms with E-state index in [1.165, 1.54) is 0 Å². The van der Waals surface area contributed by atoms with Crippen LogP contribution in [-0.4, -0.2) is 17.2 Å². The van der Waals surface area contributed by atoms with Crippen LogP contribution in [0, 0.1) is 0 Å². The first kappa shape index (κ1) is 8.75. The maximum absolute atomic E-state index is 11.6. The van der Waals surface area contributed by atoms with Crippen LogP contribution in [0.2, 0.25) is 0 Å². The lowest BCUT2D eigenvalue weighted by molar-refractivity contribution is 0.0876. The van der Waals surface area contributed by atoms with Gasteiger partial charge in [-0.1, -0.05) is 28.1 Å². The Labute approximate surface area is 85.0 Å². The first-order valence-electron chi connectivity index (χ1n) is 4.16. The Bertz CT molecular complexity index is 335. The highest BCUT2D eigenvalue weighted by Crippen LogP contribution is 2.27. The molecule has 2 nitrogen and oxygen atoms in total. The number of alkyl halides is 1. The Kier molecular flexibility index (Phi) is 2.36. The number of ether oxygens (including phenoxy) is 1. The predicted octanol–water partition coefficient (Wildman–Crippen LogP) is 2.42. The molecule has 13 heavy (non-hydrogen) atoms. The SMILES string of the molecule is O=C1CC(CBr)Oc2ccccc21. The van der Waals surface area contributed by atoms with E-state index in [1.54, 1.807) is 0 Å². The summed E-state index contributed by atoms with van der Waals surface area (Å²) in [5, 5.41) is 0.701. The first-order chi connectivity index (χ1) is 6.31. The van der Waals surface area contributed by atoms with E-state index in [1.807, 2.05) is 24.3 Å². The molecule has 1 atom stereocenters. The molecular formula is C10H9BrO2. The third-order valence-corrected chi connectivity index (χ3v) is 2.79. The Balaban J connectivity index is 2.37. The van der Waals surface area contributed by atoms with Crippen molar-refractivity contribution in [3.05, 3.63) is 29.8 Å². The van der Waals surface area contributed by atoms with Crippen molar-refractivity contribution in [1.82, 2.24) is 0 Å². The summed E-state index contributed by atoms with van der Waals surface area (Å²) in [6, 6.07) is 7.38. The van der Waals surface area contributed by atoms with Gasteiger partial charge in [0.15, 0.2) is 5.78 Å². The van der Waals surface area contributed by atoms with Crippen LogP contribution in [0.4, 0.5) is 0 Å². The second-order valence-electron chi connectivity index (χ2n) is 3.02. The average molecular weight is 241 g/mol. The van der Waals surface area contributed by atoms with E-state index in [0.717, 1.165) is 0 Å². The number of rotatable bonds is 1. The fourth-order valence-electron chi connectivity index (χ4n) is 1.42. The van der Waals surface area contributed by atoms with Crippen LogP contribution < -0.4 is 4.74 Å². The minimum Gasteiger partial charge on any atom is -0.488 e. The lowest BCUT2D eigenvalue weighted by atomic mass is 10.0. The van der Waals surface area contributed by atoms with Gasteiger partial charge in [0.1, 0.15) is 11.9 Å². The van der Waals surface area contributed by atoms with Crippen molar-refractivity contribution in [1.29, 1.82) is 0 Å². The summed E-state index contributed by atoms with van der Waals surface area (Å²) in [5.41, 5.74) is 0.708. The number of carbonyl (C=O) groups excluding carboxylic acids is 1. The van der Waals surface area contributed by atoms with Crippen LogP contribution in [-0.2, 0) is 0 Å². The third kappa shape index (κ3) is 1.61. The topological polar surface area (TPSA) is 26.3 Å². The van der Waals surface area contributed by atoms with E-state index in [0.29, 0.717) is 23.1 Å². The summed E-state index contributed by atoms with van der Waals surface area (Å²) >= 11 is 3.31. The number of ketones is 1. The summed E-state index contributed by atoms with van der Waals surface area (Å²) in [5.74, 6) is 0.884. The van der Waals surface area contributed by atoms with Crippen molar-refractivity contribution in [3.8, 4) is 5.75 Å². The maximum Gasteiger partial charge on any atom is 0.170 e. The molecule has 3 heteroatoms. The number of fused-ring (bicyclic) bond motifs is 1. The number of para-hydroxylation sites is 1. The summed E-state index contributed by atoms with van der Waals surface area (Å²) in [7, 11) is 0. The zero-order valence-corrected chi connectivity index (χ0v) is 8.58. The van der Waals surface area contributed by atoms with Crippen LogP contribution in [0.3, 0.4) is 0 Å². The molecule has 68 valence electrons. The first-order valence-corrected chi connectivity index (χ1v) is 5.28. The Morgan fingerprint density at radius 2 is 2.23 bits per heavy atom. The molecule has 0 aromatic heterocycles. The lowest BCUT2D eigenvalue weighted by Crippen LogP contribution is -2.27. The van der Waals surface area contributed by atoms with Gasteiger partial charge in [-0.2, -0.15) is 0 Å². The van der Waals surface area contributed by atoms with E-state index >= 15 is 0 Å². The van der Waals surface area contributed by atoms with Crippen LogP contribution in [0.25, 0.3) is 0 Å². The van der Waals surface area contributed by atoms with Crippen molar-refractivity contribution in [2.24, 2.45) is 0 Å². The maximum atomic E-state index is 11.6. The number of carbonyl (C=O) groups is 1. The van der Waals surface area contributed by atoms with E-state index in [4.69, 9.17) is 4.74 Å². The third-order valence-electron chi connectivity index (χ3n) is 2.07. The predicted molar refractivity (Wildman–Crippen MR) is 53.6 cm³/mol. The van der Waals surface area contributed by atoms with Gasteiger partial charge in [0.25, 0.3) is 0 Å². The lowest BCUT2D eigenvalue weighted by Gasteiger charge is -2.23. The molecular weight excluding hydrogens is 232 g/mol. The van der Waals surface area contributed by atoms with Crippen LogP contribution >= 0.6 is 15.9 Å². The summed E-state index contributed by atoms with van der Waals surface area (Å²) < 4.78 is 5.58. The Hall–Kier alpha value is -0.830. The minimum atomic E-state index is -0.0117. The second-order valence-corrected chi connectivity index (χ2v) is 3.67. The number of Topliss-reactive ketones (excluding diaryl/α,β-unsaturated/α-hetero) is 1. The molecule has 0 aliphatic carbocycles. The fraction of sp³-hybridized carbons (Fsp3) is 0.300. The van der Waals surface area contributed by atoms with Gasteiger partial charge in [-0.05, 0) is 12.1 Å². The Morgan fingerprint density at radius 1 is 1.46 bits per heavy atom. The van der Waals surface area contributed by atoms with Gasteiger partial charge in [-0.15, -0.1) is 0 Å². The van der Waals surface area contributed by atoms with Crippen molar-refractivity contribution in [3.63, 3.8) is 0 Å². The standard InChI is InChI=1S/C10H9BrO2/c11-6-7-5-9(12)8-3-1-2-4-10(8)13-7/h1-4,7H,5-6H2. The summed E-state index contributed by atoms with van der Waals surface area (Å²) in [4.78, 5) is 11.6. The number of halogens is 1. The highest BCUT2D eigenvalue weighted by Gasteiger charge is 2.24. The van der Waals surface area contributed by atoms with Gasteiger partial charge >= 0.3 is 0 Å². The van der Waals surface area contributed by atoms with Crippen LogP contribution in [0.15, 0.2) is 24.3 Å². The van der Waals surface area contributed by atoms with E-state index in [-0.39, 0.29) is 11.9 Å². The molecule has 0 amide bonds. The van der Waals surface area contributed by atoms with Gasteiger partial charge < -0.3 is 4.74 Å². The zero-order valence-electron chi connectivity index (χ0n) is 7.00. The van der Waals surface area contributed by atoms with Crippen molar-refractivity contribution < 1.29 is 9.53 Å². The highest BCUT2D eigenvalue weighted by molar-refractivity contribution is 9.09. The number of hydrogen-bond acceptors (Lipinski definition) is 2. The van der Waals surface area contributed by atoms with Crippen LogP contribution in [0.5, 0.6) is 5.75 Å². The molecule has 0 fully saturated rings. The molecule has 1 aromatic rings. The molecule has 1 aliphatic rings. The summed E-state index contributed by atoms with van der Waals surface area (Å²) in [6.07, 6.45) is 0.463. The molecule has 0 saturated heterocycles. The van der Waals surface area contributed by atoms with Crippen molar-refractivity contribution in [2.45, 2.75) is 12.5 Å². The number of benzene rings is 1. The molecule has 1 aliphatic heterocycles. The average Bonchev–Trinajstić information content (AvgIpc) is 2.18. The van der Waals surface area contributed by atoms with Crippen molar-refractivity contribution in [2.75, 3.05) is 5.33 Å². The smallest absolute Gasteiger partial charge is 0.170 e. The molecule has 1 aromatic carbocycles. The second kappa shape index (κ2) is 3.50. The highest BCUT2D eigenvalue weighted by atomic mass is 79.9. The van der Waals surface area contributed by atoms with Gasteiger partial charge in [0, 0.05) is 11.8 Å². The molecule has 0 N–H and O–H groups in total. The quantitative estimate of drug-likeness (QED) is 0.706. The monoisotopic (exact) mass is 240 g/mol. The molecule has 0 saturated carbocycles. The molecule has 0 radical (unpaired) electrons. The number of hydrogen-bond donors (Lipinski definition) is 0. The van der Waals surface area contributed by atoms with Crippen molar-refractivity contribution >= 4 is 21.7 Å². The van der Waals surface area contributed by atoms with Gasteiger partial charge in [-0.25, -0.2) is 0 Å². The molecule has 1 unspecified atom stereocenters. The van der Waals surface area contributed by atoms with Crippen LogP contribution in [0.1, 0.15) is 16.8 Å². The molecule has 0 spiro atoms. The van der Waals surface area contributed by atoms with Gasteiger partial charge in [-0.3, -0.25) is 4.79 Å². The van der Waals surface area contributed by atoms with Gasteiger partial charge in [0.05, 0.1) is 5.56 Å². The molecule has 0 bridgehead atoms. The zero-order chi connectivity index (χ0) is 9.26. The largest absolute Gasteiger partial charge is 0.488 e. The molecule has 1 heterocycles.